The molecule has 1 aromatic carbocycles. The van der Waals surface area contributed by atoms with Crippen molar-refractivity contribution in [3.05, 3.63) is 35.4 Å². The van der Waals surface area contributed by atoms with Crippen molar-refractivity contribution in [2.75, 3.05) is 0 Å². The molecule has 0 aromatic heterocycles. The van der Waals surface area contributed by atoms with Crippen LogP contribution in [-0.2, 0) is 0 Å². The summed E-state index contributed by atoms with van der Waals surface area (Å²) in [5.41, 5.74) is 7.86. The molecule has 1 rings (SSSR count). The highest BCUT2D eigenvalue weighted by atomic mass is 16.3. The summed E-state index contributed by atoms with van der Waals surface area (Å²) in [5, 5.41) is 9.76. The summed E-state index contributed by atoms with van der Waals surface area (Å²) in [4.78, 5) is 0. The summed E-state index contributed by atoms with van der Waals surface area (Å²) in [5.74, 6) is 0.575. The highest BCUT2D eigenvalue weighted by Crippen LogP contribution is 2.22. The lowest BCUT2D eigenvalue weighted by molar-refractivity contribution is 0.153. The highest BCUT2D eigenvalue weighted by Gasteiger charge is 2.12. The Kier molecular flexibility index (Phi) is 4.30. The van der Waals surface area contributed by atoms with Crippen LogP contribution in [0.1, 0.15) is 50.3 Å². The average Bonchev–Trinajstić information content (AvgIpc) is 2.27. The third-order valence-electron chi connectivity index (χ3n) is 2.96. The van der Waals surface area contributed by atoms with Crippen LogP contribution in [-0.4, -0.2) is 11.1 Å². The quantitative estimate of drug-likeness (QED) is 0.797. The zero-order valence-corrected chi connectivity index (χ0v) is 9.77. The molecule has 0 heterocycles. The van der Waals surface area contributed by atoms with Crippen LogP contribution >= 0.6 is 0 Å². The van der Waals surface area contributed by atoms with Gasteiger partial charge in [0.1, 0.15) is 0 Å². The summed E-state index contributed by atoms with van der Waals surface area (Å²) >= 11 is 0. The number of hydrogen-bond donors (Lipinski definition) is 2. The Morgan fingerprint density at radius 3 is 2.00 bits per heavy atom. The molecule has 2 heteroatoms. The van der Waals surface area contributed by atoms with Crippen LogP contribution in [0, 0.1) is 0 Å². The molecule has 3 atom stereocenters. The third-order valence-corrected chi connectivity index (χ3v) is 2.96. The first-order valence-electron chi connectivity index (χ1n) is 5.59. The van der Waals surface area contributed by atoms with E-state index in [0.29, 0.717) is 5.92 Å². The van der Waals surface area contributed by atoms with E-state index < -0.39 is 6.10 Å². The molecule has 2 nitrogen and oxygen atoms in total. The maximum Gasteiger partial charge on any atom is 0.0938 e. The van der Waals surface area contributed by atoms with E-state index in [-0.39, 0.29) is 6.04 Å². The predicted octanol–water partition coefficient (Wildman–Crippen LogP) is 2.58. The summed E-state index contributed by atoms with van der Waals surface area (Å²) in [6.45, 7) is 6.19. The van der Waals surface area contributed by atoms with Crippen molar-refractivity contribution in [2.45, 2.75) is 45.3 Å². The second-order valence-corrected chi connectivity index (χ2v) is 4.28. The lowest BCUT2D eigenvalue weighted by Crippen LogP contribution is -2.24. The maximum atomic E-state index is 9.76. The summed E-state index contributed by atoms with van der Waals surface area (Å²) in [6.07, 6.45) is 0.575. The van der Waals surface area contributed by atoms with Crippen molar-refractivity contribution in [3.63, 3.8) is 0 Å². The van der Waals surface area contributed by atoms with Crippen molar-refractivity contribution in [3.8, 4) is 0 Å². The zero-order valence-electron chi connectivity index (χ0n) is 9.77. The molecule has 0 fully saturated rings. The van der Waals surface area contributed by atoms with Crippen LogP contribution in [0.2, 0.25) is 0 Å². The van der Waals surface area contributed by atoms with Gasteiger partial charge in [-0.05, 0) is 30.4 Å². The van der Waals surface area contributed by atoms with Crippen LogP contribution in [0.15, 0.2) is 24.3 Å². The molecule has 1 aromatic rings. The average molecular weight is 207 g/mol. The zero-order chi connectivity index (χ0) is 11.4. The van der Waals surface area contributed by atoms with Gasteiger partial charge < -0.3 is 10.8 Å². The SMILES string of the molecule is CCC(C)c1ccc(C(O)C(C)N)cc1. The minimum atomic E-state index is -0.559. The van der Waals surface area contributed by atoms with E-state index in [0.717, 1.165) is 12.0 Å². The molecule has 0 saturated heterocycles. The maximum absolute atomic E-state index is 9.76. The molecule has 0 radical (unpaired) electrons. The Morgan fingerprint density at radius 1 is 1.13 bits per heavy atom. The molecule has 0 bridgehead atoms. The molecular weight excluding hydrogens is 186 g/mol. The number of benzene rings is 1. The lowest BCUT2D eigenvalue weighted by atomic mass is 9.95. The smallest absolute Gasteiger partial charge is 0.0938 e. The number of rotatable bonds is 4. The van der Waals surface area contributed by atoms with E-state index in [1.54, 1.807) is 0 Å². The second-order valence-electron chi connectivity index (χ2n) is 4.28. The van der Waals surface area contributed by atoms with Gasteiger partial charge in [0, 0.05) is 6.04 Å². The van der Waals surface area contributed by atoms with Gasteiger partial charge in [0.25, 0.3) is 0 Å². The van der Waals surface area contributed by atoms with Crippen LogP contribution in [0.3, 0.4) is 0 Å². The summed E-state index contributed by atoms with van der Waals surface area (Å²) < 4.78 is 0. The highest BCUT2D eigenvalue weighted by molar-refractivity contribution is 5.26. The standard InChI is InChI=1S/C13H21NO/c1-4-9(2)11-5-7-12(8-6-11)13(15)10(3)14/h5-10,13,15H,4,14H2,1-3H3. The van der Waals surface area contributed by atoms with Gasteiger partial charge in [-0.1, -0.05) is 38.1 Å². The first kappa shape index (κ1) is 12.2. The van der Waals surface area contributed by atoms with Gasteiger partial charge >= 0.3 is 0 Å². The number of hydrogen-bond acceptors (Lipinski definition) is 2. The van der Waals surface area contributed by atoms with Crippen LogP contribution in [0.4, 0.5) is 0 Å². The van der Waals surface area contributed by atoms with Gasteiger partial charge in [-0.15, -0.1) is 0 Å². The number of aliphatic hydroxyl groups is 1. The molecule has 0 aliphatic carbocycles. The van der Waals surface area contributed by atoms with Crippen molar-refractivity contribution in [1.29, 1.82) is 0 Å². The Bertz CT molecular complexity index is 292. The molecule has 3 N–H and O–H groups in total. The molecule has 0 aliphatic rings. The van der Waals surface area contributed by atoms with Crippen molar-refractivity contribution in [1.82, 2.24) is 0 Å². The lowest BCUT2D eigenvalue weighted by Gasteiger charge is -2.16. The van der Waals surface area contributed by atoms with Crippen molar-refractivity contribution in [2.24, 2.45) is 5.73 Å². The molecule has 0 spiro atoms. The van der Waals surface area contributed by atoms with Crippen molar-refractivity contribution < 1.29 is 5.11 Å². The number of aliphatic hydroxyl groups excluding tert-OH is 1. The van der Waals surface area contributed by atoms with E-state index in [9.17, 15) is 5.11 Å². The Labute approximate surface area is 92.1 Å². The topological polar surface area (TPSA) is 46.2 Å². The van der Waals surface area contributed by atoms with Crippen LogP contribution < -0.4 is 5.73 Å². The fraction of sp³-hybridized carbons (Fsp3) is 0.538. The first-order valence-corrected chi connectivity index (χ1v) is 5.59. The van der Waals surface area contributed by atoms with Gasteiger partial charge in [0.05, 0.1) is 6.10 Å². The normalized spacial score (nSPS) is 17.1. The van der Waals surface area contributed by atoms with E-state index in [1.165, 1.54) is 5.56 Å². The van der Waals surface area contributed by atoms with Gasteiger partial charge in [-0.3, -0.25) is 0 Å². The van der Waals surface area contributed by atoms with Gasteiger partial charge in [-0.2, -0.15) is 0 Å². The van der Waals surface area contributed by atoms with Gasteiger partial charge in [0.2, 0.25) is 0 Å². The fourth-order valence-corrected chi connectivity index (χ4v) is 1.56. The molecule has 0 aliphatic heterocycles. The summed E-state index contributed by atoms with van der Waals surface area (Å²) in [6, 6.07) is 7.87. The van der Waals surface area contributed by atoms with Gasteiger partial charge in [-0.25, -0.2) is 0 Å². The first-order chi connectivity index (χ1) is 7.06. The molecular formula is C13H21NO. The molecule has 84 valence electrons. The Morgan fingerprint density at radius 2 is 1.60 bits per heavy atom. The van der Waals surface area contributed by atoms with Crippen molar-refractivity contribution >= 4 is 0 Å². The minimum Gasteiger partial charge on any atom is -0.387 e. The van der Waals surface area contributed by atoms with Crippen LogP contribution in [0.5, 0.6) is 0 Å². The third kappa shape index (κ3) is 3.05. The Hall–Kier alpha value is -0.860. The molecule has 0 saturated carbocycles. The van der Waals surface area contributed by atoms with E-state index in [4.69, 9.17) is 5.73 Å². The summed E-state index contributed by atoms with van der Waals surface area (Å²) in [7, 11) is 0. The minimum absolute atomic E-state index is 0.223. The second kappa shape index (κ2) is 5.29. The molecule has 0 amide bonds. The fourth-order valence-electron chi connectivity index (χ4n) is 1.56. The monoisotopic (exact) mass is 207 g/mol. The Balaban J connectivity index is 2.80. The molecule has 3 unspecified atom stereocenters. The number of nitrogens with two attached hydrogens (primary N) is 1. The van der Waals surface area contributed by atoms with Crippen LogP contribution in [0.25, 0.3) is 0 Å². The van der Waals surface area contributed by atoms with Gasteiger partial charge in [0.15, 0.2) is 0 Å². The van der Waals surface area contributed by atoms with E-state index in [1.807, 2.05) is 19.1 Å². The van der Waals surface area contributed by atoms with E-state index in [2.05, 4.69) is 26.0 Å². The van der Waals surface area contributed by atoms with E-state index >= 15 is 0 Å². The largest absolute Gasteiger partial charge is 0.387 e. The molecule has 15 heavy (non-hydrogen) atoms. The predicted molar refractivity (Wildman–Crippen MR) is 63.8 cm³/mol.